The van der Waals surface area contributed by atoms with Crippen LogP contribution in [-0.2, 0) is 4.79 Å². The van der Waals surface area contributed by atoms with Crippen LogP contribution in [0.1, 0.15) is 39.5 Å². The number of rotatable bonds is 5. The molecule has 2 rings (SSSR count). The standard InChI is InChI=1S/C14H27N3O2/c1-11(9-14(2,15)13(18)19)17-8-5-12(10-17)16-6-3-4-7-16/h11-12H,3-10,15H2,1-2H3,(H,18,19). The summed E-state index contributed by atoms with van der Waals surface area (Å²) in [5, 5.41) is 9.11. The highest BCUT2D eigenvalue weighted by atomic mass is 16.4. The number of hydrogen-bond donors (Lipinski definition) is 2. The molecule has 2 aliphatic heterocycles. The Morgan fingerprint density at radius 3 is 2.63 bits per heavy atom. The van der Waals surface area contributed by atoms with E-state index in [2.05, 4.69) is 16.7 Å². The number of nitrogens with zero attached hydrogens (tertiary/aromatic N) is 2. The summed E-state index contributed by atoms with van der Waals surface area (Å²) < 4.78 is 0. The summed E-state index contributed by atoms with van der Waals surface area (Å²) in [5.41, 5.74) is 4.73. The molecule has 2 fully saturated rings. The monoisotopic (exact) mass is 269 g/mol. The Hall–Kier alpha value is -0.650. The lowest BCUT2D eigenvalue weighted by molar-refractivity contribution is -0.143. The Kier molecular flexibility index (Phi) is 4.48. The first kappa shape index (κ1) is 14.8. The van der Waals surface area contributed by atoms with Crippen LogP contribution in [0.15, 0.2) is 0 Å². The number of hydrogen-bond acceptors (Lipinski definition) is 4. The van der Waals surface area contributed by atoms with Gasteiger partial charge in [0.05, 0.1) is 0 Å². The third kappa shape index (κ3) is 3.46. The molecule has 110 valence electrons. The van der Waals surface area contributed by atoms with Crippen LogP contribution in [0.25, 0.3) is 0 Å². The molecule has 5 nitrogen and oxygen atoms in total. The van der Waals surface area contributed by atoms with Crippen LogP contribution in [0.2, 0.25) is 0 Å². The molecule has 0 aromatic carbocycles. The fourth-order valence-electron chi connectivity index (χ4n) is 3.40. The largest absolute Gasteiger partial charge is 0.480 e. The van der Waals surface area contributed by atoms with E-state index in [-0.39, 0.29) is 6.04 Å². The van der Waals surface area contributed by atoms with E-state index in [1.165, 1.54) is 32.4 Å². The van der Waals surface area contributed by atoms with Crippen LogP contribution in [0.4, 0.5) is 0 Å². The van der Waals surface area contributed by atoms with Gasteiger partial charge in [0.25, 0.3) is 0 Å². The van der Waals surface area contributed by atoms with Crippen molar-refractivity contribution in [2.45, 2.75) is 57.2 Å². The van der Waals surface area contributed by atoms with Gasteiger partial charge in [-0.2, -0.15) is 0 Å². The van der Waals surface area contributed by atoms with Crippen molar-refractivity contribution in [3.05, 3.63) is 0 Å². The van der Waals surface area contributed by atoms with Crippen molar-refractivity contribution >= 4 is 5.97 Å². The van der Waals surface area contributed by atoms with E-state index in [1.807, 2.05) is 0 Å². The summed E-state index contributed by atoms with van der Waals surface area (Å²) in [4.78, 5) is 16.1. The second-order valence-electron chi connectivity index (χ2n) is 6.46. The molecule has 0 amide bonds. The molecule has 5 heteroatoms. The van der Waals surface area contributed by atoms with Gasteiger partial charge in [-0.3, -0.25) is 14.6 Å². The average Bonchev–Trinajstić information content (AvgIpc) is 2.99. The van der Waals surface area contributed by atoms with Crippen LogP contribution in [-0.4, -0.2) is 64.7 Å². The minimum atomic E-state index is -1.12. The SMILES string of the molecule is CC(CC(C)(N)C(=O)O)N1CCC(N2CCCC2)C1. The molecule has 0 saturated carbocycles. The number of aliphatic carboxylic acids is 1. The average molecular weight is 269 g/mol. The third-order valence-electron chi connectivity index (χ3n) is 4.68. The summed E-state index contributed by atoms with van der Waals surface area (Å²) >= 11 is 0. The van der Waals surface area contributed by atoms with Gasteiger partial charge < -0.3 is 10.8 Å². The first-order valence-electron chi connectivity index (χ1n) is 7.40. The van der Waals surface area contributed by atoms with E-state index in [0.29, 0.717) is 12.5 Å². The molecule has 3 atom stereocenters. The maximum Gasteiger partial charge on any atom is 0.323 e. The van der Waals surface area contributed by atoms with Crippen molar-refractivity contribution in [3.63, 3.8) is 0 Å². The molecule has 3 unspecified atom stereocenters. The van der Waals surface area contributed by atoms with E-state index in [1.54, 1.807) is 6.92 Å². The van der Waals surface area contributed by atoms with Crippen molar-refractivity contribution in [2.75, 3.05) is 26.2 Å². The van der Waals surface area contributed by atoms with E-state index in [4.69, 9.17) is 10.8 Å². The van der Waals surface area contributed by atoms with Crippen molar-refractivity contribution in [2.24, 2.45) is 5.73 Å². The maximum atomic E-state index is 11.1. The number of carboxylic acid groups (broad SMARTS) is 1. The molecule has 0 aliphatic carbocycles. The predicted molar refractivity (Wildman–Crippen MR) is 75.1 cm³/mol. The van der Waals surface area contributed by atoms with Crippen LogP contribution in [0, 0.1) is 0 Å². The number of likely N-dealkylation sites (tertiary alicyclic amines) is 2. The minimum absolute atomic E-state index is 0.235. The lowest BCUT2D eigenvalue weighted by atomic mass is 9.94. The lowest BCUT2D eigenvalue weighted by Crippen LogP contribution is -2.50. The van der Waals surface area contributed by atoms with Crippen molar-refractivity contribution < 1.29 is 9.90 Å². The van der Waals surface area contributed by atoms with Gasteiger partial charge in [-0.05, 0) is 52.6 Å². The zero-order valence-electron chi connectivity index (χ0n) is 12.1. The third-order valence-corrected chi connectivity index (χ3v) is 4.68. The second kappa shape index (κ2) is 5.77. The van der Waals surface area contributed by atoms with E-state index in [9.17, 15) is 4.79 Å². The second-order valence-corrected chi connectivity index (χ2v) is 6.46. The predicted octanol–water partition coefficient (Wildman–Crippen LogP) is 0.737. The smallest absolute Gasteiger partial charge is 0.323 e. The first-order chi connectivity index (χ1) is 8.90. The normalized spacial score (nSPS) is 30.4. The van der Waals surface area contributed by atoms with Crippen LogP contribution in [0.3, 0.4) is 0 Å². The molecule has 19 heavy (non-hydrogen) atoms. The molecule has 2 saturated heterocycles. The van der Waals surface area contributed by atoms with E-state index >= 15 is 0 Å². The fourth-order valence-corrected chi connectivity index (χ4v) is 3.40. The van der Waals surface area contributed by atoms with Crippen LogP contribution >= 0.6 is 0 Å². The van der Waals surface area contributed by atoms with Crippen LogP contribution < -0.4 is 5.73 Å². The summed E-state index contributed by atoms with van der Waals surface area (Å²) in [6, 6.07) is 0.900. The summed E-state index contributed by atoms with van der Waals surface area (Å²) in [6.45, 7) is 8.31. The molecular formula is C14H27N3O2. The number of carbonyl (C=O) groups is 1. The van der Waals surface area contributed by atoms with Crippen molar-refractivity contribution in [1.29, 1.82) is 0 Å². The lowest BCUT2D eigenvalue weighted by Gasteiger charge is -2.31. The van der Waals surface area contributed by atoms with Gasteiger partial charge >= 0.3 is 5.97 Å². The Labute approximate surface area is 115 Å². The number of nitrogens with two attached hydrogens (primary N) is 1. The Morgan fingerprint density at radius 2 is 2.05 bits per heavy atom. The van der Waals surface area contributed by atoms with Crippen molar-refractivity contribution in [3.8, 4) is 0 Å². The van der Waals surface area contributed by atoms with Crippen molar-refractivity contribution in [1.82, 2.24) is 9.80 Å². The molecule has 0 spiro atoms. The minimum Gasteiger partial charge on any atom is -0.480 e. The molecule has 2 heterocycles. The number of carboxylic acids is 1. The molecule has 0 aromatic heterocycles. The van der Waals surface area contributed by atoms with E-state index < -0.39 is 11.5 Å². The molecule has 3 N–H and O–H groups in total. The quantitative estimate of drug-likeness (QED) is 0.770. The Morgan fingerprint density at radius 1 is 1.42 bits per heavy atom. The first-order valence-corrected chi connectivity index (χ1v) is 7.40. The fraction of sp³-hybridized carbons (Fsp3) is 0.929. The van der Waals surface area contributed by atoms with Crippen LogP contribution in [0.5, 0.6) is 0 Å². The van der Waals surface area contributed by atoms with Gasteiger partial charge in [0.2, 0.25) is 0 Å². The van der Waals surface area contributed by atoms with Gasteiger partial charge in [0.15, 0.2) is 0 Å². The summed E-state index contributed by atoms with van der Waals surface area (Å²) in [7, 11) is 0. The molecular weight excluding hydrogens is 242 g/mol. The van der Waals surface area contributed by atoms with Gasteiger partial charge in [-0.15, -0.1) is 0 Å². The zero-order chi connectivity index (χ0) is 14.0. The van der Waals surface area contributed by atoms with Gasteiger partial charge in [0.1, 0.15) is 5.54 Å². The summed E-state index contributed by atoms with van der Waals surface area (Å²) in [5.74, 6) is -0.908. The highest BCUT2D eigenvalue weighted by Crippen LogP contribution is 2.24. The molecule has 0 radical (unpaired) electrons. The molecule has 0 bridgehead atoms. The zero-order valence-corrected chi connectivity index (χ0v) is 12.1. The summed E-state index contributed by atoms with van der Waals surface area (Å²) in [6.07, 6.45) is 4.37. The highest BCUT2D eigenvalue weighted by molar-refractivity contribution is 5.77. The topological polar surface area (TPSA) is 69.8 Å². The molecule has 2 aliphatic rings. The maximum absolute atomic E-state index is 11.1. The van der Waals surface area contributed by atoms with Gasteiger partial charge in [0, 0.05) is 25.2 Å². The van der Waals surface area contributed by atoms with Gasteiger partial charge in [-0.25, -0.2) is 0 Å². The van der Waals surface area contributed by atoms with Gasteiger partial charge in [-0.1, -0.05) is 0 Å². The Bertz CT molecular complexity index is 327. The van der Waals surface area contributed by atoms with E-state index in [0.717, 1.165) is 13.1 Å². The Balaban J connectivity index is 1.84. The highest BCUT2D eigenvalue weighted by Gasteiger charge is 2.36. The molecule has 0 aromatic rings.